The van der Waals surface area contributed by atoms with E-state index in [4.69, 9.17) is 4.74 Å². The summed E-state index contributed by atoms with van der Waals surface area (Å²) < 4.78 is 35.1. The summed E-state index contributed by atoms with van der Waals surface area (Å²) in [6, 6.07) is 11.1. The zero-order chi connectivity index (χ0) is 22.2. The third kappa shape index (κ3) is 3.45. The summed E-state index contributed by atoms with van der Waals surface area (Å²) in [7, 11) is 1.61. The number of ether oxygens (including phenoxy) is 1. The predicted molar refractivity (Wildman–Crippen MR) is 112 cm³/mol. The molecule has 0 bridgehead atoms. The summed E-state index contributed by atoms with van der Waals surface area (Å²) in [6.45, 7) is 0.483. The van der Waals surface area contributed by atoms with Gasteiger partial charge in [-0.2, -0.15) is 4.98 Å². The van der Waals surface area contributed by atoms with Crippen LogP contribution in [0.15, 0.2) is 59.9 Å². The first-order valence-electron chi connectivity index (χ1n) is 9.67. The molecule has 1 aromatic heterocycles. The van der Waals surface area contributed by atoms with E-state index in [1.54, 1.807) is 13.4 Å². The first kappa shape index (κ1) is 19.7. The van der Waals surface area contributed by atoms with Crippen molar-refractivity contribution >= 4 is 11.2 Å². The van der Waals surface area contributed by atoms with Crippen LogP contribution in [0, 0.1) is 11.6 Å². The van der Waals surface area contributed by atoms with Gasteiger partial charge in [0.05, 0.1) is 26.5 Å². The van der Waals surface area contributed by atoms with Crippen molar-refractivity contribution < 1.29 is 13.5 Å². The van der Waals surface area contributed by atoms with Gasteiger partial charge in [0.15, 0.2) is 23.1 Å². The molecule has 2 aromatic carbocycles. The number of benzene rings is 2. The zero-order valence-corrected chi connectivity index (χ0v) is 16.9. The third-order valence-corrected chi connectivity index (χ3v) is 5.14. The maximum Gasteiger partial charge on any atom is 0.350 e. The monoisotopic (exact) mass is 434 g/mol. The Morgan fingerprint density at radius 1 is 0.938 bits per heavy atom. The lowest BCUT2D eigenvalue weighted by atomic mass is 10.2. The molecule has 0 spiro atoms. The van der Waals surface area contributed by atoms with Crippen molar-refractivity contribution in [3.63, 3.8) is 0 Å². The molecule has 0 amide bonds. The van der Waals surface area contributed by atoms with Crippen LogP contribution in [0.4, 0.5) is 8.78 Å². The molecule has 0 radical (unpaired) electrons. The Bertz CT molecular complexity index is 1460. The fourth-order valence-corrected chi connectivity index (χ4v) is 3.54. The smallest absolute Gasteiger partial charge is 0.350 e. The minimum Gasteiger partial charge on any atom is -0.497 e. The second kappa shape index (κ2) is 7.80. The maximum absolute atomic E-state index is 13.6. The molecule has 0 fully saturated rings. The number of methoxy groups -OCH3 is 1. The lowest BCUT2D eigenvalue weighted by Crippen LogP contribution is -2.18. The van der Waals surface area contributed by atoms with Crippen LogP contribution >= 0.6 is 0 Å². The molecule has 0 atom stereocenters. The average molecular weight is 434 g/mol. The third-order valence-electron chi connectivity index (χ3n) is 5.14. The molecule has 10 heteroatoms. The van der Waals surface area contributed by atoms with Crippen molar-refractivity contribution in [3.8, 4) is 17.3 Å². The van der Waals surface area contributed by atoms with Crippen molar-refractivity contribution in [1.82, 2.24) is 29.1 Å². The Hall–Kier alpha value is -4.21. The Balaban J connectivity index is 1.53. The molecule has 0 saturated heterocycles. The minimum absolute atomic E-state index is 0.0163. The number of nitrogens with zero attached hydrogens (tertiary/aromatic N) is 6. The van der Waals surface area contributed by atoms with Crippen LogP contribution in [0.3, 0.4) is 0 Å². The number of imidazole rings is 2. The van der Waals surface area contributed by atoms with E-state index in [-0.39, 0.29) is 12.4 Å². The summed E-state index contributed by atoms with van der Waals surface area (Å²) in [5, 5.41) is 0. The topological polar surface area (TPSA) is 87.7 Å². The van der Waals surface area contributed by atoms with Crippen LogP contribution in [0.1, 0.15) is 11.1 Å². The molecule has 0 aliphatic carbocycles. The second-order valence-corrected chi connectivity index (χ2v) is 7.17. The molecular weight excluding hydrogens is 418 g/mol. The van der Waals surface area contributed by atoms with Crippen LogP contribution in [0.2, 0.25) is 0 Å². The van der Waals surface area contributed by atoms with E-state index in [9.17, 15) is 13.6 Å². The van der Waals surface area contributed by atoms with Crippen LogP contribution in [0.25, 0.3) is 22.7 Å². The van der Waals surface area contributed by atoms with Gasteiger partial charge in [0.25, 0.3) is 0 Å². The quantitative estimate of drug-likeness (QED) is 0.423. The van der Waals surface area contributed by atoms with E-state index >= 15 is 0 Å². The predicted octanol–water partition coefficient (Wildman–Crippen LogP) is 2.87. The summed E-state index contributed by atoms with van der Waals surface area (Å²) in [5.41, 5.74) is 2.08. The van der Waals surface area contributed by atoms with E-state index in [1.807, 2.05) is 28.8 Å². The SMILES string of the molecule is COc1ccc(Cn2cnc3c4nc(=O)n(Cc5ccc(F)c(F)c5)c-4ncnc32)cc1. The molecule has 8 nitrogen and oxygen atoms in total. The van der Waals surface area contributed by atoms with Gasteiger partial charge in [-0.05, 0) is 35.4 Å². The normalized spacial score (nSPS) is 11.3. The van der Waals surface area contributed by atoms with Crippen LogP contribution < -0.4 is 10.4 Å². The molecule has 0 unspecified atom stereocenters. The molecule has 0 N–H and O–H groups in total. The highest BCUT2D eigenvalue weighted by Gasteiger charge is 2.21. The highest BCUT2D eigenvalue weighted by atomic mass is 19.2. The number of halogens is 2. The van der Waals surface area contributed by atoms with E-state index in [0.29, 0.717) is 29.0 Å². The van der Waals surface area contributed by atoms with E-state index in [0.717, 1.165) is 23.4 Å². The summed E-state index contributed by atoms with van der Waals surface area (Å²) >= 11 is 0. The average Bonchev–Trinajstić information content (AvgIpc) is 3.26. The van der Waals surface area contributed by atoms with Crippen molar-refractivity contribution in [2.75, 3.05) is 7.11 Å². The summed E-state index contributed by atoms with van der Waals surface area (Å²) in [6.07, 6.45) is 2.96. The highest BCUT2D eigenvalue weighted by Crippen LogP contribution is 2.24. The fraction of sp³-hybridized carbons (Fsp3) is 0.136. The van der Waals surface area contributed by atoms with Gasteiger partial charge in [-0.15, -0.1) is 0 Å². The van der Waals surface area contributed by atoms with Gasteiger partial charge in [0.2, 0.25) is 0 Å². The first-order chi connectivity index (χ1) is 15.5. The molecule has 5 rings (SSSR count). The molecule has 0 saturated carbocycles. The molecule has 160 valence electrons. The second-order valence-electron chi connectivity index (χ2n) is 7.17. The lowest BCUT2D eigenvalue weighted by molar-refractivity contribution is 0.414. The first-order valence-corrected chi connectivity index (χ1v) is 9.67. The van der Waals surface area contributed by atoms with Gasteiger partial charge in [-0.25, -0.2) is 28.5 Å². The minimum atomic E-state index is -0.987. The number of fused-ring (bicyclic) bond motifs is 3. The van der Waals surface area contributed by atoms with E-state index in [2.05, 4.69) is 19.9 Å². The van der Waals surface area contributed by atoms with E-state index < -0.39 is 17.3 Å². The molecule has 32 heavy (non-hydrogen) atoms. The Kier molecular flexibility index (Phi) is 4.81. The van der Waals surface area contributed by atoms with E-state index in [1.165, 1.54) is 17.0 Å². The molecule has 2 aliphatic heterocycles. The molecule has 2 aliphatic rings. The van der Waals surface area contributed by atoms with Gasteiger partial charge in [-0.3, -0.25) is 4.57 Å². The standard InChI is InChI=1S/C22H16F2N6O2/c1-32-15-5-2-13(3-6-15)9-29-12-27-18-19-21(26-11-25-20(18)29)30(22(31)28-19)10-14-4-7-16(23)17(24)8-14/h2-8,11-12H,9-10H2,1H3. The van der Waals surface area contributed by atoms with Gasteiger partial charge in [0.1, 0.15) is 23.3 Å². The Morgan fingerprint density at radius 3 is 2.47 bits per heavy atom. The zero-order valence-electron chi connectivity index (χ0n) is 16.9. The van der Waals surface area contributed by atoms with Crippen LogP contribution in [0.5, 0.6) is 5.75 Å². The molecule has 3 heterocycles. The molecule has 3 aromatic rings. The van der Waals surface area contributed by atoms with Crippen LogP contribution in [-0.4, -0.2) is 36.2 Å². The van der Waals surface area contributed by atoms with Crippen molar-refractivity contribution in [1.29, 1.82) is 0 Å². The van der Waals surface area contributed by atoms with Gasteiger partial charge >= 0.3 is 5.69 Å². The maximum atomic E-state index is 13.6. The van der Waals surface area contributed by atoms with Crippen molar-refractivity contribution in [2.45, 2.75) is 13.1 Å². The van der Waals surface area contributed by atoms with Crippen molar-refractivity contribution in [3.05, 3.63) is 88.4 Å². The highest BCUT2D eigenvalue weighted by molar-refractivity contribution is 5.85. The Morgan fingerprint density at radius 2 is 1.72 bits per heavy atom. The summed E-state index contributed by atoms with van der Waals surface area (Å²) in [4.78, 5) is 29.8. The number of rotatable bonds is 5. The largest absolute Gasteiger partial charge is 0.497 e. The van der Waals surface area contributed by atoms with Gasteiger partial charge in [0, 0.05) is 0 Å². The van der Waals surface area contributed by atoms with Gasteiger partial charge < -0.3 is 9.30 Å². The Labute approximate surface area is 180 Å². The van der Waals surface area contributed by atoms with Crippen molar-refractivity contribution in [2.24, 2.45) is 0 Å². The van der Waals surface area contributed by atoms with Crippen LogP contribution in [-0.2, 0) is 13.1 Å². The summed E-state index contributed by atoms with van der Waals surface area (Å²) in [5.74, 6) is -0.921. The number of hydrogen-bond donors (Lipinski definition) is 0. The fourth-order valence-electron chi connectivity index (χ4n) is 3.54. The van der Waals surface area contributed by atoms with Gasteiger partial charge in [-0.1, -0.05) is 18.2 Å². The lowest BCUT2D eigenvalue weighted by Gasteiger charge is -2.05. The molecular formula is C22H16F2N6O2. The number of hydrogen-bond acceptors (Lipinski definition) is 6. The number of aromatic nitrogens is 6.